The molecule has 5 nitrogen and oxygen atoms in total. The summed E-state index contributed by atoms with van der Waals surface area (Å²) in [5.41, 5.74) is 0.609. The van der Waals surface area contributed by atoms with Gasteiger partial charge in [0.2, 0.25) is 0 Å². The van der Waals surface area contributed by atoms with Crippen LogP contribution in [0.3, 0.4) is 0 Å². The van der Waals surface area contributed by atoms with Crippen LogP contribution in [0, 0.1) is 0 Å². The van der Waals surface area contributed by atoms with Crippen molar-refractivity contribution in [3.63, 3.8) is 0 Å². The molecule has 0 fully saturated rings. The summed E-state index contributed by atoms with van der Waals surface area (Å²) in [6.07, 6.45) is 2.08. The predicted octanol–water partition coefficient (Wildman–Crippen LogP) is 6.54. The molecule has 0 spiro atoms. The van der Waals surface area contributed by atoms with E-state index in [1.165, 1.54) is 0 Å². The van der Waals surface area contributed by atoms with E-state index < -0.39 is 7.75 Å². The van der Waals surface area contributed by atoms with Gasteiger partial charge < -0.3 is 13.8 Å². The Morgan fingerprint density at radius 2 is 1.29 bits per heavy atom. The fraction of sp³-hybridized carbons (Fsp3) is 0.182. The van der Waals surface area contributed by atoms with Crippen LogP contribution in [0.4, 0.5) is 5.69 Å². The zero-order valence-corrected chi connectivity index (χ0v) is 16.7. The molecule has 0 unspecified atom stereocenters. The lowest BCUT2D eigenvalue weighted by atomic mass is 10.3. The average molecular weight is 397 g/mol. The Bertz CT molecular complexity index is 840. The zero-order chi connectivity index (χ0) is 19.7. The van der Waals surface area contributed by atoms with Crippen LogP contribution >= 0.6 is 7.75 Å². The van der Waals surface area contributed by atoms with Crippen molar-refractivity contribution in [2.75, 3.05) is 11.7 Å². The van der Waals surface area contributed by atoms with Gasteiger partial charge in [0.05, 0.1) is 6.61 Å². The van der Waals surface area contributed by atoms with Crippen molar-refractivity contribution in [1.82, 2.24) is 0 Å². The standard InChI is InChI=1S/C22H24NO4P/c1-2-3-18-25-20-16-14-19(15-17-20)23-28(24,26-21-10-6-4-7-11-21)27-22-12-8-5-9-13-22/h4-17H,2-3,18H2,1H3,(H,23,24). The molecule has 0 aliphatic carbocycles. The quantitative estimate of drug-likeness (QED) is 0.311. The minimum atomic E-state index is -3.72. The average Bonchev–Trinajstić information content (AvgIpc) is 2.71. The van der Waals surface area contributed by atoms with Crippen LogP contribution < -0.4 is 18.9 Å². The smallest absolute Gasteiger partial charge is 0.494 e. The topological polar surface area (TPSA) is 56.8 Å². The van der Waals surface area contributed by atoms with Crippen molar-refractivity contribution in [3.05, 3.63) is 84.9 Å². The molecule has 28 heavy (non-hydrogen) atoms. The van der Waals surface area contributed by atoms with Crippen LogP contribution in [0.25, 0.3) is 0 Å². The monoisotopic (exact) mass is 397 g/mol. The maximum Gasteiger partial charge on any atom is 0.541 e. The van der Waals surface area contributed by atoms with Gasteiger partial charge in [-0.3, -0.25) is 5.09 Å². The minimum Gasteiger partial charge on any atom is -0.494 e. The van der Waals surface area contributed by atoms with Crippen molar-refractivity contribution in [3.8, 4) is 17.2 Å². The van der Waals surface area contributed by atoms with Crippen LogP contribution in [-0.2, 0) is 4.57 Å². The Morgan fingerprint density at radius 1 is 0.750 bits per heavy atom. The molecule has 0 aromatic heterocycles. The Labute approximate surface area is 165 Å². The largest absolute Gasteiger partial charge is 0.541 e. The molecule has 0 aliphatic rings. The van der Waals surface area contributed by atoms with Gasteiger partial charge in [0.15, 0.2) is 0 Å². The highest BCUT2D eigenvalue weighted by Crippen LogP contribution is 2.48. The molecule has 0 radical (unpaired) electrons. The number of nitrogens with one attached hydrogen (secondary N) is 1. The van der Waals surface area contributed by atoms with Crippen LogP contribution in [0.15, 0.2) is 84.9 Å². The molecule has 146 valence electrons. The van der Waals surface area contributed by atoms with Crippen LogP contribution in [0.2, 0.25) is 0 Å². The highest BCUT2D eigenvalue weighted by Gasteiger charge is 2.29. The molecular formula is C22H24NO4P. The molecule has 3 rings (SSSR count). The summed E-state index contributed by atoms with van der Waals surface area (Å²) < 4.78 is 30.5. The zero-order valence-electron chi connectivity index (χ0n) is 15.8. The summed E-state index contributed by atoms with van der Waals surface area (Å²) in [4.78, 5) is 0. The molecule has 0 amide bonds. The fourth-order valence-corrected chi connectivity index (χ4v) is 3.82. The second-order valence-corrected chi connectivity index (χ2v) is 7.73. The summed E-state index contributed by atoms with van der Waals surface area (Å²) in [6, 6.07) is 25.1. The van der Waals surface area contributed by atoms with E-state index in [0.29, 0.717) is 23.8 Å². The van der Waals surface area contributed by atoms with E-state index in [1.807, 2.05) is 48.5 Å². The third-order valence-electron chi connectivity index (χ3n) is 3.82. The van der Waals surface area contributed by atoms with E-state index >= 15 is 0 Å². The number of unbranched alkanes of at least 4 members (excludes halogenated alkanes) is 1. The summed E-state index contributed by atoms with van der Waals surface area (Å²) >= 11 is 0. The molecule has 1 N–H and O–H groups in total. The molecule has 3 aromatic carbocycles. The maximum atomic E-state index is 13.4. The van der Waals surface area contributed by atoms with Gasteiger partial charge in [-0.05, 0) is 55.0 Å². The van der Waals surface area contributed by atoms with E-state index in [2.05, 4.69) is 12.0 Å². The highest BCUT2D eigenvalue weighted by atomic mass is 31.2. The number of para-hydroxylation sites is 2. The van der Waals surface area contributed by atoms with Crippen LogP contribution in [0.1, 0.15) is 19.8 Å². The summed E-state index contributed by atoms with van der Waals surface area (Å²) in [6.45, 7) is 2.80. The van der Waals surface area contributed by atoms with E-state index in [4.69, 9.17) is 13.8 Å². The minimum absolute atomic E-state index is 0.453. The Morgan fingerprint density at radius 3 is 1.79 bits per heavy atom. The molecule has 0 heterocycles. The van der Waals surface area contributed by atoms with E-state index in [0.717, 1.165) is 18.6 Å². The van der Waals surface area contributed by atoms with Gasteiger partial charge in [0.1, 0.15) is 17.2 Å². The van der Waals surface area contributed by atoms with E-state index in [1.54, 1.807) is 36.4 Å². The van der Waals surface area contributed by atoms with Gasteiger partial charge >= 0.3 is 7.75 Å². The normalized spacial score (nSPS) is 10.9. The van der Waals surface area contributed by atoms with E-state index in [-0.39, 0.29) is 0 Å². The predicted molar refractivity (Wildman–Crippen MR) is 112 cm³/mol. The Kier molecular flexibility index (Phi) is 6.99. The van der Waals surface area contributed by atoms with Gasteiger partial charge in [0, 0.05) is 5.69 Å². The lowest BCUT2D eigenvalue weighted by Crippen LogP contribution is -2.10. The second-order valence-electron chi connectivity index (χ2n) is 6.14. The number of hydrogen-bond acceptors (Lipinski definition) is 4. The molecule has 3 aromatic rings. The number of hydrogen-bond donors (Lipinski definition) is 1. The van der Waals surface area contributed by atoms with Crippen molar-refractivity contribution >= 4 is 13.4 Å². The number of ether oxygens (including phenoxy) is 1. The first-order valence-electron chi connectivity index (χ1n) is 9.27. The molecule has 6 heteroatoms. The highest BCUT2D eigenvalue weighted by molar-refractivity contribution is 7.56. The van der Waals surface area contributed by atoms with Gasteiger partial charge in [-0.2, -0.15) is 0 Å². The maximum absolute atomic E-state index is 13.4. The Balaban J connectivity index is 1.75. The SMILES string of the molecule is CCCCOc1ccc(NP(=O)(Oc2ccccc2)Oc2ccccc2)cc1. The van der Waals surface area contributed by atoms with Crippen LogP contribution in [0.5, 0.6) is 17.2 Å². The second kappa shape index (κ2) is 9.86. The molecule has 0 saturated carbocycles. The Hall–Kier alpha value is -2.91. The lowest BCUT2D eigenvalue weighted by Gasteiger charge is -2.21. The van der Waals surface area contributed by atoms with Crippen molar-refractivity contribution in [2.45, 2.75) is 19.8 Å². The van der Waals surface area contributed by atoms with Crippen molar-refractivity contribution in [1.29, 1.82) is 0 Å². The summed E-state index contributed by atoms with van der Waals surface area (Å²) in [5, 5.41) is 2.90. The number of rotatable bonds is 10. The summed E-state index contributed by atoms with van der Waals surface area (Å²) in [7, 11) is -3.72. The van der Waals surface area contributed by atoms with Crippen LogP contribution in [-0.4, -0.2) is 6.61 Å². The summed E-state index contributed by atoms with van der Waals surface area (Å²) in [5.74, 6) is 1.67. The van der Waals surface area contributed by atoms with Gasteiger partial charge in [-0.15, -0.1) is 0 Å². The molecular weight excluding hydrogens is 373 g/mol. The van der Waals surface area contributed by atoms with Gasteiger partial charge in [-0.1, -0.05) is 49.7 Å². The first-order valence-corrected chi connectivity index (χ1v) is 10.8. The third kappa shape index (κ3) is 6.07. The molecule has 0 aliphatic heterocycles. The lowest BCUT2D eigenvalue weighted by molar-refractivity contribution is 0.309. The first-order chi connectivity index (χ1) is 13.7. The van der Waals surface area contributed by atoms with Crippen molar-refractivity contribution < 1.29 is 18.3 Å². The first kappa shape index (κ1) is 19.8. The fourth-order valence-electron chi connectivity index (χ4n) is 2.42. The van der Waals surface area contributed by atoms with Crippen molar-refractivity contribution in [2.24, 2.45) is 0 Å². The third-order valence-corrected chi connectivity index (χ3v) is 5.26. The molecule has 0 atom stereocenters. The number of anilines is 1. The number of benzene rings is 3. The van der Waals surface area contributed by atoms with Gasteiger partial charge in [0.25, 0.3) is 0 Å². The van der Waals surface area contributed by atoms with Gasteiger partial charge in [-0.25, -0.2) is 4.57 Å². The van der Waals surface area contributed by atoms with E-state index in [9.17, 15) is 4.57 Å². The molecule has 0 bridgehead atoms. The molecule has 0 saturated heterocycles.